The van der Waals surface area contributed by atoms with Crippen molar-refractivity contribution in [1.29, 1.82) is 5.26 Å². The second-order valence-corrected chi connectivity index (χ2v) is 5.97. The molecule has 4 heteroatoms. The van der Waals surface area contributed by atoms with Gasteiger partial charge in [-0.3, -0.25) is 0 Å². The summed E-state index contributed by atoms with van der Waals surface area (Å²) in [7, 11) is 2.07. The van der Waals surface area contributed by atoms with E-state index in [1.165, 1.54) is 0 Å². The predicted molar refractivity (Wildman–Crippen MR) is 89.4 cm³/mol. The lowest BCUT2D eigenvalue weighted by Gasteiger charge is -2.28. The van der Waals surface area contributed by atoms with Gasteiger partial charge in [-0.25, -0.2) is 0 Å². The largest absolute Gasteiger partial charge is 0.371 e. The smallest absolute Gasteiger partial charge is 0.101 e. The summed E-state index contributed by atoms with van der Waals surface area (Å²) in [6.07, 6.45) is 3.25. The molecule has 0 saturated carbocycles. The quantitative estimate of drug-likeness (QED) is 0.798. The molecule has 1 rings (SSSR count). The fraction of sp³-hybridized carbons (Fsp3) is 0.562. The van der Waals surface area contributed by atoms with Gasteiger partial charge in [0.05, 0.1) is 11.3 Å². The van der Waals surface area contributed by atoms with Gasteiger partial charge >= 0.3 is 0 Å². The summed E-state index contributed by atoms with van der Waals surface area (Å²) >= 11 is 1.86. The van der Waals surface area contributed by atoms with Crippen LogP contribution in [-0.4, -0.2) is 31.6 Å². The first-order valence-electron chi connectivity index (χ1n) is 7.09. The van der Waals surface area contributed by atoms with Gasteiger partial charge in [0.1, 0.15) is 6.07 Å². The summed E-state index contributed by atoms with van der Waals surface area (Å²) in [5.41, 5.74) is 2.96. The van der Waals surface area contributed by atoms with Crippen LogP contribution in [0.3, 0.4) is 0 Å². The summed E-state index contributed by atoms with van der Waals surface area (Å²) in [5, 5.41) is 12.7. The van der Waals surface area contributed by atoms with Crippen LogP contribution in [0.25, 0.3) is 0 Å². The zero-order chi connectivity index (χ0) is 15.0. The molecule has 0 spiro atoms. The standard InChI is InChI=1S/C16H25N3S/c1-5-18-12-14-6-7-16(15(10-14)11-17)19(3)13(2)8-9-20-4/h6-7,10,13,18H,5,8-9,12H2,1-4H3. The first kappa shape index (κ1) is 16.9. The maximum absolute atomic E-state index is 9.37. The van der Waals surface area contributed by atoms with E-state index in [0.717, 1.165) is 42.1 Å². The van der Waals surface area contributed by atoms with Crippen molar-refractivity contribution in [1.82, 2.24) is 5.32 Å². The van der Waals surface area contributed by atoms with Crippen molar-refractivity contribution in [3.8, 4) is 6.07 Å². The van der Waals surface area contributed by atoms with E-state index in [1.807, 2.05) is 17.8 Å². The lowest BCUT2D eigenvalue weighted by Crippen LogP contribution is -2.30. The number of hydrogen-bond acceptors (Lipinski definition) is 4. The number of thioether (sulfide) groups is 1. The minimum Gasteiger partial charge on any atom is -0.371 e. The second kappa shape index (κ2) is 8.89. The highest BCUT2D eigenvalue weighted by Gasteiger charge is 2.13. The lowest BCUT2D eigenvalue weighted by molar-refractivity contribution is 0.668. The Morgan fingerprint density at radius 1 is 1.45 bits per heavy atom. The molecule has 110 valence electrons. The third-order valence-corrected chi connectivity index (χ3v) is 4.19. The van der Waals surface area contributed by atoms with Crippen LogP contribution in [-0.2, 0) is 6.54 Å². The zero-order valence-corrected chi connectivity index (χ0v) is 13.8. The summed E-state index contributed by atoms with van der Waals surface area (Å²) < 4.78 is 0. The van der Waals surface area contributed by atoms with Crippen LogP contribution in [0.1, 0.15) is 31.4 Å². The highest BCUT2D eigenvalue weighted by Crippen LogP contribution is 2.23. The average molecular weight is 291 g/mol. The van der Waals surface area contributed by atoms with E-state index in [4.69, 9.17) is 0 Å². The van der Waals surface area contributed by atoms with Gasteiger partial charge in [-0.2, -0.15) is 17.0 Å². The van der Waals surface area contributed by atoms with E-state index in [9.17, 15) is 5.26 Å². The molecule has 1 aromatic rings. The lowest BCUT2D eigenvalue weighted by atomic mass is 10.1. The molecule has 0 fully saturated rings. The van der Waals surface area contributed by atoms with Gasteiger partial charge in [0.2, 0.25) is 0 Å². The van der Waals surface area contributed by atoms with Gasteiger partial charge in [-0.1, -0.05) is 13.0 Å². The number of benzene rings is 1. The molecule has 1 N–H and O–H groups in total. The molecule has 0 bridgehead atoms. The van der Waals surface area contributed by atoms with Crippen molar-refractivity contribution in [3.63, 3.8) is 0 Å². The van der Waals surface area contributed by atoms with Gasteiger partial charge < -0.3 is 10.2 Å². The van der Waals surface area contributed by atoms with E-state index in [2.05, 4.69) is 55.6 Å². The fourth-order valence-electron chi connectivity index (χ4n) is 2.08. The minimum absolute atomic E-state index is 0.439. The molecule has 1 aromatic carbocycles. The normalized spacial score (nSPS) is 11.9. The van der Waals surface area contributed by atoms with E-state index in [-0.39, 0.29) is 0 Å². The second-order valence-electron chi connectivity index (χ2n) is 4.99. The predicted octanol–water partition coefficient (Wildman–Crippen LogP) is 3.25. The molecule has 0 aromatic heterocycles. The topological polar surface area (TPSA) is 39.1 Å². The van der Waals surface area contributed by atoms with E-state index in [1.54, 1.807) is 0 Å². The molecule has 0 aliphatic carbocycles. The van der Waals surface area contributed by atoms with Crippen LogP contribution in [0, 0.1) is 11.3 Å². The molecular formula is C16H25N3S. The highest BCUT2D eigenvalue weighted by atomic mass is 32.2. The van der Waals surface area contributed by atoms with Gasteiger partial charge in [0.15, 0.2) is 0 Å². The Bertz CT molecular complexity index is 454. The molecule has 0 heterocycles. The summed E-state index contributed by atoms with van der Waals surface area (Å²) in [5.74, 6) is 1.14. The summed E-state index contributed by atoms with van der Waals surface area (Å²) in [6.45, 7) is 6.05. The number of nitrogens with one attached hydrogen (secondary N) is 1. The SMILES string of the molecule is CCNCc1ccc(N(C)C(C)CCSC)c(C#N)c1. The molecule has 0 saturated heterocycles. The summed E-state index contributed by atoms with van der Waals surface area (Å²) in [4.78, 5) is 2.21. The van der Waals surface area contributed by atoms with Crippen molar-refractivity contribution in [2.75, 3.05) is 30.5 Å². The average Bonchev–Trinajstić information content (AvgIpc) is 2.49. The Hall–Kier alpha value is -1.18. The van der Waals surface area contributed by atoms with Gasteiger partial charge in [-0.05, 0) is 49.6 Å². The first-order valence-corrected chi connectivity index (χ1v) is 8.48. The molecule has 20 heavy (non-hydrogen) atoms. The maximum atomic E-state index is 9.37. The van der Waals surface area contributed by atoms with Crippen molar-refractivity contribution in [3.05, 3.63) is 29.3 Å². The fourth-order valence-corrected chi connectivity index (χ4v) is 2.66. The van der Waals surface area contributed by atoms with Crippen molar-refractivity contribution < 1.29 is 0 Å². The van der Waals surface area contributed by atoms with Crippen LogP contribution in [0.15, 0.2) is 18.2 Å². The zero-order valence-electron chi connectivity index (χ0n) is 12.9. The Morgan fingerprint density at radius 3 is 2.80 bits per heavy atom. The molecule has 1 atom stereocenters. The van der Waals surface area contributed by atoms with Gasteiger partial charge in [-0.15, -0.1) is 0 Å². The van der Waals surface area contributed by atoms with Crippen LogP contribution in [0.2, 0.25) is 0 Å². The van der Waals surface area contributed by atoms with Gasteiger partial charge in [0, 0.05) is 19.6 Å². The van der Waals surface area contributed by atoms with Crippen LogP contribution in [0.4, 0.5) is 5.69 Å². The van der Waals surface area contributed by atoms with E-state index < -0.39 is 0 Å². The molecule has 0 amide bonds. The van der Waals surface area contributed by atoms with Crippen molar-refractivity contribution in [2.24, 2.45) is 0 Å². The van der Waals surface area contributed by atoms with Gasteiger partial charge in [0.25, 0.3) is 0 Å². The number of nitrogens with zero attached hydrogens (tertiary/aromatic N) is 2. The molecule has 0 radical (unpaired) electrons. The van der Waals surface area contributed by atoms with E-state index in [0.29, 0.717) is 6.04 Å². The number of anilines is 1. The third kappa shape index (κ3) is 4.73. The summed E-state index contributed by atoms with van der Waals surface area (Å²) in [6, 6.07) is 8.94. The van der Waals surface area contributed by atoms with Crippen LogP contribution >= 0.6 is 11.8 Å². The first-order chi connectivity index (χ1) is 9.63. The molecule has 1 unspecified atom stereocenters. The number of rotatable bonds is 8. The minimum atomic E-state index is 0.439. The van der Waals surface area contributed by atoms with Crippen molar-refractivity contribution >= 4 is 17.4 Å². The molecule has 0 aliphatic rings. The van der Waals surface area contributed by atoms with E-state index >= 15 is 0 Å². The van der Waals surface area contributed by atoms with Crippen molar-refractivity contribution in [2.45, 2.75) is 32.9 Å². The van der Waals surface area contributed by atoms with Crippen LogP contribution < -0.4 is 10.2 Å². The third-order valence-electron chi connectivity index (χ3n) is 3.54. The monoisotopic (exact) mass is 291 g/mol. The highest BCUT2D eigenvalue weighted by molar-refractivity contribution is 7.98. The molecular weight excluding hydrogens is 266 g/mol. The molecule has 0 aliphatic heterocycles. The number of nitriles is 1. The Kier molecular flexibility index (Phi) is 7.50. The maximum Gasteiger partial charge on any atom is 0.101 e. The van der Waals surface area contributed by atoms with Crippen LogP contribution in [0.5, 0.6) is 0 Å². The Balaban J connectivity index is 2.86. The Labute approximate surface area is 127 Å². The number of hydrogen-bond donors (Lipinski definition) is 1. The molecule has 3 nitrogen and oxygen atoms in total. The Morgan fingerprint density at radius 2 is 2.20 bits per heavy atom.